The molecule has 0 aromatic heterocycles. The third-order valence-corrected chi connectivity index (χ3v) is 7.67. The fraction of sp³-hybridized carbons (Fsp3) is 0. The van der Waals surface area contributed by atoms with Gasteiger partial charge >= 0.3 is 0 Å². The van der Waals surface area contributed by atoms with E-state index in [0.29, 0.717) is 12.1 Å². The molecule has 0 N–H and O–H groups in total. The van der Waals surface area contributed by atoms with Crippen molar-refractivity contribution in [3.63, 3.8) is 0 Å². The Hall–Kier alpha value is -6.75. The Morgan fingerprint density at radius 3 is 1.22 bits per heavy atom. The molecule has 0 bridgehead atoms. The lowest BCUT2D eigenvalue weighted by atomic mass is 9.93. The Morgan fingerprint density at radius 2 is 0.891 bits per heavy atom. The Morgan fingerprint density at radius 1 is 0.522 bits per heavy atom. The monoisotopic (exact) mass is 638 g/mol. The van der Waals surface area contributed by atoms with Crippen LogP contribution in [0.4, 0.5) is 34.1 Å². The topological polar surface area (TPSA) is 213 Å². The van der Waals surface area contributed by atoms with Crippen LogP contribution in [0.2, 0.25) is 0 Å². The molecule has 0 atom stereocenters. The van der Waals surface area contributed by atoms with Crippen molar-refractivity contribution in [2.75, 3.05) is 9.80 Å². The van der Waals surface area contributed by atoms with E-state index in [2.05, 4.69) is 0 Å². The molecule has 0 spiro atoms. The van der Waals surface area contributed by atoms with Gasteiger partial charge in [-0.2, -0.15) is 0 Å². The Kier molecular flexibility index (Phi) is 6.86. The Balaban J connectivity index is 1.81. The summed E-state index contributed by atoms with van der Waals surface area (Å²) in [6.45, 7) is 0. The number of nitro benzene ring substituents is 4. The molecule has 6 rings (SSSR count). The Labute approximate surface area is 261 Å². The summed E-state index contributed by atoms with van der Waals surface area (Å²) in [7, 11) is 0. The first-order valence-electron chi connectivity index (χ1n) is 12.9. The SMILES string of the molecule is O=C1C(=C2c3cc([N+](=O)[O-])cc([N+](=O)[O-])c3-c3c2cc([N+](=O)[O-])cc3[N+](=O)[O-])C(=O)N(c2ccccc2)C(=S)N1c1ccccc1. The summed E-state index contributed by atoms with van der Waals surface area (Å²) in [5.41, 5.74) is -6.41. The maximum absolute atomic E-state index is 14.4. The van der Waals surface area contributed by atoms with Gasteiger partial charge in [0.15, 0.2) is 5.11 Å². The van der Waals surface area contributed by atoms with Gasteiger partial charge in [-0.25, -0.2) is 0 Å². The molecule has 2 amide bonds. The highest BCUT2D eigenvalue weighted by Crippen LogP contribution is 2.56. The molecule has 17 heteroatoms. The highest BCUT2D eigenvalue weighted by molar-refractivity contribution is 7.81. The van der Waals surface area contributed by atoms with Gasteiger partial charge in [-0.05, 0) is 36.5 Å². The standard InChI is InChI=1S/C29H14N6O10S/c36-27-26(28(37)31(16-9-5-2-6-10-16)29(46)30(27)15-7-3-1-4-8-15)23-19-11-17(32(38)39)13-21(34(42)43)24(19)25-20(23)12-18(33(40)41)14-22(25)35(44)45/h1-14H. The van der Waals surface area contributed by atoms with Crippen molar-refractivity contribution in [1.29, 1.82) is 0 Å². The number of amides is 2. The second-order valence-electron chi connectivity index (χ2n) is 9.79. The van der Waals surface area contributed by atoms with E-state index in [0.717, 1.165) is 21.9 Å². The molecule has 1 heterocycles. The minimum absolute atomic E-state index is 0.192. The summed E-state index contributed by atoms with van der Waals surface area (Å²) in [5.74, 6) is -2.16. The molecule has 2 aliphatic rings. The average Bonchev–Trinajstić information content (AvgIpc) is 3.34. The van der Waals surface area contributed by atoms with E-state index in [4.69, 9.17) is 12.2 Å². The number of carbonyl (C=O) groups is 2. The fourth-order valence-corrected chi connectivity index (χ4v) is 5.85. The maximum Gasteiger partial charge on any atom is 0.284 e. The first kappa shape index (κ1) is 29.3. The van der Waals surface area contributed by atoms with Gasteiger partial charge in [0.2, 0.25) is 0 Å². The van der Waals surface area contributed by atoms with Crippen molar-refractivity contribution in [2.24, 2.45) is 0 Å². The lowest BCUT2D eigenvalue weighted by Crippen LogP contribution is -2.57. The summed E-state index contributed by atoms with van der Waals surface area (Å²) in [6.07, 6.45) is 0. The van der Waals surface area contributed by atoms with Crippen molar-refractivity contribution in [3.8, 4) is 11.1 Å². The lowest BCUT2D eigenvalue weighted by molar-refractivity contribution is -0.395. The van der Waals surface area contributed by atoms with Crippen LogP contribution in [0.1, 0.15) is 11.1 Å². The van der Waals surface area contributed by atoms with Crippen LogP contribution in [-0.2, 0) is 9.59 Å². The molecule has 4 aromatic rings. The van der Waals surface area contributed by atoms with Crippen LogP contribution in [0, 0.1) is 40.5 Å². The zero-order valence-corrected chi connectivity index (χ0v) is 23.6. The van der Waals surface area contributed by atoms with Gasteiger partial charge in [-0.1, -0.05) is 36.4 Å². The zero-order valence-electron chi connectivity index (χ0n) is 22.8. The van der Waals surface area contributed by atoms with E-state index in [-0.39, 0.29) is 16.5 Å². The largest absolute Gasteiger partial charge is 0.284 e. The molecular formula is C29H14N6O10S. The summed E-state index contributed by atoms with van der Waals surface area (Å²) in [6, 6.07) is 18.5. The van der Waals surface area contributed by atoms with Crippen LogP contribution in [0.25, 0.3) is 16.7 Å². The van der Waals surface area contributed by atoms with Gasteiger partial charge in [0.05, 0.1) is 54.3 Å². The third-order valence-electron chi connectivity index (χ3n) is 7.30. The molecule has 0 unspecified atom stereocenters. The van der Waals surface area contributed by atoms with Crippen molar-refractivity contribution < 1.29 is 29.3 Å². The first-order valence-corrected chi connectivity index (χ1v) is 13.3. The van der Waals surface area contributed by atoms with Crippen LogP contribution in [0.5, 0.6) is 0 Å². The molecule has 226 valence electrons. The number of anilines is 2. The van der Waals surface area contributed by atoms with E-state index in [1.165, 1.54) is 24.3 Å². The number of hydrogen-bond acceptors (Lipinski definition) is 11. The number of thiocarbonyl (C=S) groups is 1. The number of rotatable bonds is 6. The summed E-state index contributed by atoms with van der Waals surface area (Å²) in [5, 5.41) is 48.0. The van der Waals surface area contributed by atoms with E-state index in [9.17, 15) is 50.0 Å². The molecule has 1 aliphatic heterocycles. The van der Waals surface area contributed by atoms with Crippen LogP contribution in [0.15, 0.2) is 90.5 Å². The highest BCUT2D eigenvalue weighted by Gasteiger charge is 2.48. The molecule has 0 saturated carbocycles. The predicted octanol–water partition coefficient (Wildman–Crippen LogP) is 5.47. The summed E-state index contributed by atoms with van der Waals surface area (Å²) in [4.78, 5) is 75.1. The normalized spacial score (nSPS) is 13.9. The first-order chi connectivity index (χ1) is 21.9. The van der Waals surface area contributed by atoms with Crippen LogP contribution < -0.4 is 9.80 Å². The molecule has 0 radical (unpaired) electrons. The number of carbonyl (C=O) groups excluding carboxylic acids is 2. The summed E-state index contributed by atoms with van der Waals surface area (Å²) >= 11 is 5.60. The predicted molar refractivity (Wildman–Crippen MR) is 165 cm³/mol. The van der Waals surface area contributed by atoms with Crippen molar-refractivity contribution in [1.82, 2.24) is 0 Å². The van der Waals surface area contributed by atoms with Crippen LogP contribution in [-0.4, -0.2) is 36.6 Å². The number of nitro groups is 4. The molecular weight excluding hydrogens is 624 g/mol. The Bertz CT molecular complexity index is 1990. The molecule has 16 nitrogen and oxygen atoms in total. The number of benzene rings is 4. The van der Waals surface area contributed by atoms with Crippen LogP contribution >= 0.6 is 12.2 Å². The maximum atomic E-state index is 14.4. The zero-order chi connectivity index (χ0) is 33.0. The molecule has 46 heavy (non-hydrogen) atoms. The van der Waals surface area contributed by atoms with E-state index in [1.54, 1.807) is 36.4 Å². The van der Waals surface area contributed by atoms with Gasteiger partial charge in [-0.3, -0.25) is 59.8 Å². The average molecular weight is 639 g/mol. The highest BCUT2D eigenvalue weighted by atomic mass is 32.1. The number of nitrogens with zero attached hydrogens (tertiary/aromatic N) is 6. The van der Waals surface area contributed by atoms with E-state index < -0.39 is 87.7 Å². The fourth-order valence-electron chi connectivity index (χ4n) is 5.47. The molecule has 1 fully saturated rings. The van der Waals surface area contributed by atoms with Gasteiger partial charge < -0.3 is 0 Å². The van der Waals surface area contributed by atoms with Gasteiger partial charge in [0, 0.05) is 28.8 Å². The quantitative estimate of drug-likeness (QED) is 0.0747. The minimum atomic E-state index is -1.08. The lowest BCUT2D eigenvalue weighted by Gasteiger charge is -2.37. The number of hydrogen-bond donors (Lipinski definition) is 0. The smallest absolute Gasteiger partial charge is 0.268 e. The minimum Gasteiger partial charge on any atom is -0.268 e. The third kappa shape index (κ3) is 4.42. The summed E-state index contributed by atoms with van der Waals surface area (Å²) < 4.78 is 0. The number of para-hydroxylation sites is 2. The molecule has 1 saturated heterocycles. The molecule has 4 aromatic carbocycles. The molecule has 1 aliphatic carbocycles. The van der Waals surface area contributed by atoms with Gasteiger partial charge in [0.25, 0.3) is 34.6 Å². The number of non-ortho nitro benzene ring substituents is 2. The van der Waals surface area contributed by atoms with Gasteiger partial charge in [-0.15, -0.1) is 0 Å². The van der Waals surface area contributed by atoms with Crippen molar-refractivity contribution in [2.45, 2.75) is 0 Å². The second-order valence-corrected chi connectivity index (χ2v) is 10.2. The van der Waals surface area contributed by atoms with Crippen molar-refractivity contribution in [3.05, 3.63) is 142 Å². The van der Waals surface area contributed by atoms with Crippen molar-refractivity contribution >= 4 is 68.8 Å². The van der Waals surface area contributed by atoms with E-state index in [1.807, 2.05) is 0 Å². The number of fused-ring (bicyclic) bond motifs is 3. The van der Waals surface area contributed by atoms with Crippen LogP contribution in [0.3, 0.4) is 0 Å². The van der Waals surface area contributed by atoms with E-state index >= 15 is 0 Å². The van der Waals surface area contributed by atoms with Gasteiger partial charge in [0.1, 0.15) is 5.57 Å². The second kappa shape index (κ2) is 10.8.